The van der Waals surface area contributed by atoms with Gasteiger partial charge in [-0.15, -0.1) is 0 Å². The van der Waals surface area contributed by atoms with E-state index < -0.39 is 96.0 Å². The normalized spacial score (nSPS) is 15.3. The molecular formula is C46H61N7O9. The van der Waals surface area contributed by atoms with Gasteiger partial charge in [-0.05, 0) is 58.6 Å². The van der Waals surface area contributed by atoms with Crippen LogP contribution in [-0.2, 0) is 46.4 Å². The van der Waals surface area contributed by atoms with Gasteiger partial charge < -0.3 is 47.5 Å². The number of rotatable bonds is 23. The van der Waals surface area contributed by atoms with Crippen molar-refractivity contribution < 1.29 is 43.8 Å². The zero-order valence-corrected chi connectivity index (χ0v) is 36.2. The summed E-state index contributed by atoms with van der Waals surface area (Å²) in [6.45, 7) is 10.6. The van der Waals surface area contributed by atoms with Gasteiger partial charge in [0.15, 0.2) is 0 Å². The van der Waals surface area contributed by atoms with Crippen LogP contribution in [0.4, 0.5) is 0 Å². The highest BCUT2D eigenvalue weighted by atomic mass is 16.4. The van der Waals surface area contributed by atoms with E-state index in [1.807, 2.05) is 80.6 Å². The summed E-state index contributed by atoms with van der Waals surface area (Å²) < 4.78 is 0. The second-order valence-corrected chi connectivity index (χ2v) is 16.5. The first-order valence-electron chi connectivity index (χ1n) is 21.2. The van der Waals surface area contributed by atoms with Crippen LogP contribution in [0.1, 0.15) is 78.4 Å². The lowest BCUT2D eigenvalue weighted by Gasteiger charge is -2.30. The highest BCUT2D eigenvalue weighted by Gasteiger charge is 2.37. The summed E-state index contributed by atoms with van der Waals surface area (Å²) in [5.41, 5.74) is 8.68. The lowest BCUT2D eigenvalue weighted by molar-refractivity contribution is -0.142. The Labute approximate surface area is 361 Å². The number of benzene rings is 3. The van der Waals surface area contributed by atoms with E-state index in [2.05, 4.69) is 31.6 Å². The molecule has 0 aliphatic carbocycles. The molecule has 1 aromatic heterocycles. The molecule has 8 atom stereocenters. The fourth-order valence-electron chi connectivity index (χ4n) is 7.32. The molecule has 0 aliphatic rings. The van der Waals surface area contributed by atoms with Gasteiger partial charge in [0.2, 0.25) is 29.5 Å². The SMILES string of the molecule is CCC(C)C(NC(=O)C(CC(=O)O)NC(=O)C(CC(C)C)NC(=O)C(N)Cc1cccc2ccccc12)C(=O)NC(C(=O)NC(Cc1c[nH]c2ccccc12)C(=O)O)C(C)CC. The largest absolute Gasteiger partial charge is 0.481 e. The van der Waals surface area contributed by atoms with Gasteiger partial charge in [0.1, 0.15) is 30.2 Å². The number of fused-ring (bicyclic) bond motifs is 2. The van der Waals surface area contributed by atoms with E-state index in [1.54, 1.807) is 33.9 Å². The number of aromatic nitrogens is 1. The number of nitrogens with two attached hydrogens (primary N) is 1. The molecular weight excluding hydrogens is 795 g/mol. The molecule has 0 aliphatic heterocycles. The van der Waals surface area contributed by atoms with Gasteiger partial charge in [0.05, 0.1) is 12.5 Å². The van der Waals surface area contributed by atoms with Gasteiger partial charge >= 0.3 is 11.9 Å². The summed E-state index contributed by atoms with van der Waals surface area (Å²) in [6, 6.07) is 13.0. The van der Waals surface area contributed by atoms with Gasteiger partial charge in [-0.2, -0.15) is 0 Å². The highest BCUT2D eigenvalue weighted by Crippen LogP contribution is 2.21. The number of hydrogen-bond donors (Lipinski definition) is 9. The first kappa shape index (κ1) is 48.4. The third-order valence-corrected chi connectivity index (χ3v) is 11.3. The predicted molar refractivity (Wildman–Crippen MR) is 236 cm³/mol. The van der Waals surface area contributed by atoms with Crippen molar-refractivity contribution in [1.29, 1.82) is 0 Å². The maximum atomic E-state index is 14.0. The standard InChI is InChI=1S/C46H61N7O9/c1-7-26(5)39(44(59)51-37(46(61)62)22-30-24-48-34-19-12-11-18-32(30)34)53-45(60)40(27(6)8-2)52-43(58)36(23-38(54)55)50-42(57)35(20-25(3)4)49-41(56)33(47)21-29-16-13-15-28-14-9-10-17-31(28)29/h9-19,24-27,33,35-37,39-40,48H,7-8,20-23,47H2,1-6H3,(H,49,56)(H,50,57)(H,51,59)(H,52,58)(H,53,60)(H,54,55)(H,61,62). The zero-order valence-electron chi connectivity index (χ0n) is 36.2. The number of aliphatic carboxylic acids is 2. The Kier molecular flexibility index (Phi) is 17.6. The van der Waals surface area contributed by atoms with Crippen LogP contribution in [-0.4, -0.2) is 92.9 Å². The molecule has 0 saturated heterocycles. The summed E-state index contributed by atoms with van der Waals surface area (Å²) in [5, 5.41) is 35.7. The minimum Gasteiger partial charge on any atom is -0.481 e. The van der Waals surface area contributed by atoms with Gasteiger partial charge in [-0.25, -0.2) is 4.79 Å². The number of H-pyrrole nitrogens is 1. The molecule has 4 rings (SSSR count). The van der Waals surface area contributed by atoms with Gasteiger partial charge in [0, 0.05) is 23.5 Å². The quantitative estimate of drug-likeness (QED) is 0.0524. The maximum Gasteiger partial charge on any atom is 0.326 e. The molecule has 0 fully saturated rings. The minimum absolute atomic E-state index is 0.0336. The second-order valence-electron chi connectivity index (χ2n) is 16.5. The Morgan fingerprint density at radius 3 is 1.74 bits per heavy atom. The summed E-state index contributed by atoms with van der Waals surface area (Å²) in [4.78, 5) is 96.4. The molecule has 0 radical (unpaired) electrons. The van der Waals surface area contributed by atoms with Crippen LogP contribution >= 0.6 is 0 Å². The molecule has 4 aromatic rings. The molecule has 0 bridgehead atoms. The summed E-state index contributed by atoms with van der Waals surface area (Å²) >= 11 is 0. The molecule has 16 nitrogen and oxygen atoms in total. The van der Waals surface area contributed by atoms with Crippen LogP contribution in [0.3, 0.4) is 0 Å². The number of carboxylic acids is 2. The summed E-state index contributed by atoms with van der Waals surface area (Å²) in [7, 11) is 0. The van der Waals surface area contributed by atoms with E-state index in [9.17, 15) is 43.8 Å². The fraction of sp³-hybridized carbons (Fsp3) is 0.457. The van der Waals surface area contributed by atoms with E-state index in [0.29, 0.717) is 18.4 Å². The topological polar surface area (TPSA) is 262 Å². The monoisotopic (exact) mass is 855 g/mol. The molecule has 8 unspecified atom stereocenters. The third-order valence-electron chi connectivity index (χ3n) is 11.3. The summed E-state index contributed by atoms with van der Waals surface area (Å²) in [6.07, 6.45) is 1.92. The lowest BCUT2D eigenvalue weighted by atomic mass is 9.94. The van der Waals surface area contributed by atoms with E-state index in [1.165, 1.54) is 0 Å². The van der Waals surface area contributed by atoms with Crippen LogP contribution in [0.25, 0.3) is 21.7 Å². The van der Waals surface area contributed by atoms with Crippen LogP contribution in [0.15, 0.2) is 72.9 Å². The van der Waals surface area contributed by atoms with E-state index >= 15 is 0 Å². The Morgan fingerprint density at radius 2 is 1.13 bits per heavy atom. The molecule has 334 valence electrons. The van der Waals surface area contributed by atoms with E-state index in [4.69, 9.17) is 5.73 Å². The number of nitrogens with one attached hydrogen (secondary N) is 6. The van der Waals surface area contributed by atoms with Crippen LogP contribution in [0.5, 0.6) is 0 Å². The first-order chi connectivity index (χ1) is 29.4. The van der Waals surface area contributed by atoms with Crippen molar-refractivity contribution >= 4 is 63.1 Å². The van der Waals surface area contributed by atoms with Crippen LogP contribution < -0.4 is 32.3 Å². The predicted octanol–water partition coefficient (Wildman–Crippen LogP) is 3.56. The average molecular weight is 856 g/mol. The molecule has 5 amide bonds. The lowest BCUT2D eigenvalue weighted by Crippen LogP contribution is -2.61. The Bertz CT molecular complexity index is 2220. The summed E-state index contributed by atoms with van der Waals surface area (Å²) in [5.74, 6) is -7.70. The van der Waals surface area contributed by atoms with Gasteiger partial charge in [-0.3, -0.25) is 28.8 Å². The number of carbonyl (C=O) groups excluding carboxylic acids is 5. The van der Waals surface area contributed by atoms with Crippen molar-refractivity contribution in [3.8, 4) is 0 Å². The molecule has 3 aromatic carbocycles. The molecule has 10 N–H and O–H groups in total. The Hall–Kier alpha value is -6.29. The van der Waals surface area contributed by atoms with Gasteiger partial charge in [-0.1, -0.05) is 115 Å². The van der Waals surface area contributed by atoms with Crippen molar-refractivity contribution in [2.24, 2.45) is 23.5 Å². The highest BCUT2D eigenvalue weighted by molar-refractivity contribution is 5.98. The minimum atomic E-state index is -1.66. The first-order valence-corrected chi connectivity index (χ1v) is 21.2. The van der Waals surface area contributed by atoms with Crippen LogP contribution in [0, 0.1) is 17.8 Å². The average Bonchev–Trinajstić information content (AvgIpc) is 3.65. The number of para-hydroxylation sites is 1. The Morgan fingerprint density at radius 1 is 0.597 bits per heavy atom. The molecule has 16 heteroatoms. The van der Waals surface area contributed by atoms with E-state index in [0.717, 1.165) is 27.2 Å². The molecule has 1 heterocycles. The second kappa shape index (κ2) is 22.5. The van der Waals surface area contributed by atoms with Crippen molar-refractivity contribution in [2.75, 3.05) is 0 Å². The molecule has 62 heavy (non-hydrogen) atoms. The Balaban J connectivity index is 1.48. The van der Waals surface area contributed by atoms with Crippen molar-refractivity contribution in [3.63, 3.8) is 0 Å². The smallest absolute Gasteiger partial charge is 0.326 e. The van der Waals surface area contributed by atoms with Crippen LogP contribution in [0.2, 0.25) is 0 Å². The maximum absolute atomic E-state index is 14.0. The van der Waals surface area contributed by atoms with Crippen molar-refractivity contribution in [1.82, 2.24) is 31.6 Å². The van der Waals surface area contributed by atoms with E-state index in [-0.39, 0.29) is 25.2 Å². The van der Waals surface area contributed by atoms with Crippen molar-refractivity contribution in [2.45, 2.75) is 116 Å². The number of aromatic amines is 1. The van der Waals surface area contributed by atoms with Crippen molar-refractivity contribution in [3.05, 3.63) is 84.1 Å². The number of carboxylic acid groups (broad SMARTS) is 2. The third kappa shape index (κ3) is 13.1. The molecule has 0 spiro atoms. The molecule has 0 saturated carbocycles. The van der Waals surface area contributed by atoms with Gasteiger partial charge in [0.25, 0.3) is 0 Å². The zero-order chi connectivity index (χ0) is 45.7. The number of carbonyl (C=O) groups is 7. The fourth-order valence-corrected chi connectivity index (χ4v) is 7.32. The number of amides is 5. The number of hydrogen-bond acceptors (Lipinski definition) is 8.